The second kappa shape index (κ2) is 8.40. The lowest BCUT2D eigenvalue weighted by atomic mass is 9.98. The van der Waals surface area contributed by atoms with Crippen molar-refractivity contribution in [2.45, 2.75) is 75.7 Å². The summed E-state index contributed by atoms with van der Waals surface area (Å²) in [6, 6.07) is 0. The molecule has 24 heavy (non-hydrogen) atoms. The predicted molar refractivity (Wildman–Crippen MR) is 92.7 cm³/mol. The maximum atomic E-state index is 6.55. The molecule has 0 amide bonds. The molecule has 2 fully saturated rings. The molecular formula is C18H24Cl2O4. The van der Waals surface area contributed by atoms with E-state index in [0.717, 1.165) is 38.5 Å². The first-order valence-corrected chi connectivity index (χ1v) is 9.46. The molecule has 2 aliphatic heterocycles. The molecule has 0 aromatic rings. The summed E-state index contributed by atoms with van der Waals surface area (Å²) >= 11 is 13.0. The average Bonchev–Trinajstić information content (AvgIpc) is 2.82. The lowest BCUT2D eigenvalue weighted by Gasteiger charge is -2.35. The Balaban J connectivity index is 1.70. The van der Waals surface area contributed by atoms with Gasteiger partial charge in [0.1, 0.15) is 11.7 Å². The van der Waals surface area contributed by atoms with E-state index in [1.807, 2.05) is 0 Å². The summed E-state index contributed by atoms with van der Waals surface area (Å²) in [4.78, 5) is 0. The molecule has 2 saturated heterocycles. The molecule has 0 spiro atoms. The van der Waals surface area contributed by atoms with Gasteiger partial charge in [-0.05, 0) is 38.5 Å². The molecule has 4 atom stereocenters. The maximum absolute atomic E-state index is 6.55. The van der Waals surface area contributed by atoms with Gasteiger partial charge in [-0.1, -0.05) is 23.2 Å². The van der Waals surface area contributed by atoms with E-state index in [2.05, 4.69) is 5.92 Å². The largest absolute Gasteiger partial charge is 0.353 e. The van der Waals surface area contributed by atoms with Crippen LogP contribution in [-0.4, -0.2) is 37.5 Å². The standard InChI is InChI=1S/C18H24Cl2O4/c1-2-9-18(24-15-8-4-6-11-22-15)12-13(16(19)17(18)20)23-14-7-3-5-10-21-14/h1,13-15H,3-12H2. The van der Waals surface area contributed by atoms with E-state index in [1.165, 1.54) is 0 Å². The van der Waals surface area contributed by atoms with E-state index < -0.39 is 5.60 Å². The molecule has 134 valence electrons. The average molecular weight is 375 g/mol. The molecule has 0 radical (unpaired) electrons. The van der Waals surface area contributed by atoms with Crippen molar-refractivity contribution in [3.05, 3.63) is 10.1 Å². The molecule has 0 aromatic heterocycles. The van der Waals surface area contributed by atoms with Crippen molar-refractivity contribution in [2.75, 3.05) is 13.2 Å². The number of ether oxygens (including phenoxy) is 4. The van der Waals surface area contributed by atoms with E-state index in [1.54, 1.807) is 0 Å². The van der Waals surface area contributed by atoms with Gasteiger partial charge in [-0.25, -0.2) is 0 Å². The highest BCUT2D eigenvalue weighted by Gasteiger charge is 2.48. The fourth-order valence-electron chi connectivity index (χ4n) is 3.46. The Morgan fingerprint density at radius 3 is 2.33 bits per heavy atom. The van der Waals surface area contributed by atoms with Crippen molar-refractivity contribution in [1.29, 1.82) is 0 Å². The summed E-state index contributed by atoms with van der Waals surface area (Å²) < 4.78 is 23.6. The van der Waals surface area contributed by atoms with Crippen molar-refractivity contribution in [2.24, 2.45) is 0 Å². The summed E-state index contributed by atoms with van der Waals surface area (Å²) in [5, 5.41) is 0.911. The van der Waals surface area contributed by atoms with Gasteiger partial charge in [0, 0.05) is 26.1 Å². The van der Waals surface area contributed by atoms with Crippen molar-refractivity contribution in [3.8, 4) is 12.3 Å². The van der Waals surface area contributed by atoms with Crippen LogP contribution in [0.2, 0.25) is 0 Å². The number of hydrogen-bond acceptors (Lipinski definition) is 4. The second-order valence-electron chi connectivity index (χ2n) is 6.58. The zero-order chi connectivity index (χ0) is 17.0. The van der Waals surface area contributed by atoms with Crippen LogP contribution in [0.15, 0.2) is 10.1 Å². The lowest BCUT2D eigenvalue weighted by molar-refractivity contribution is -0.223. The highest BCUT2D eigenvalue weighted by Crippen LogP contribution is 2.47. The van der Waals surface area contributed by atoms with Gasteiger partial charge < -0.3 is 18.9 Å². The van der Waals surface area contributed by atoms with Crippen LogP contribution in [0.5, 0.6) is 0 Å². The molecule has 0 aromatic carbocycles. The third-order valence-electron chi connectivity index (χ3n) is 4.74. The van der Waals surface area contributed by atoms with E-state index in [9.17, 15) is 0 Å². The van der Waals surface area contributed by atoms with Crippen LogP contribution in [0, 0.1) is 12.3 Å². The topological polar surface area (TPSA) is 36.9 Å². The van der Waals surface area contributed by atoms with E-state index in [4.69, 9.17) is 48.6 Å². The molecule has 2 heterocycles. The Morgan fingerprint density at radius 2 is 1.75 bits per heavy atom. The Morgan fingerprint density at radius 1 is 1.08 bits per heavy atom. The van der Waals surface area contributed by atoms with Gasteiger partial charge in [0.05, 0.1) is 10.1 Å². The minimum Gasteiger partial charge on any atom is -0.353 e. The van der Waals surface area contributed by atoms with Gasteiger partial charge >= 0.3 is 0 Å². The molecule has 0 N–H and O–H groups in total. The van der Waals surface area contributed by atoms with Crippen LogP contribution in [0.1, 0.15) is 51.4 Å². The number of halogens is 2. The molecule has 3 aliphatic rings. The quantitative estimate of drug-likeness (QED) is 0.672. The van der Waals surface area contributed by atoms with E-state index in [0.29, 0.717) is 36.1 Å². The second-order valence-corrected chi connectivity index (χ2v) is 7.36. The highest BCUT2D eigenvalue weighted by atomic mass is 35.5. The SMILES string of the molecule is C#CCC1(OC2CCCCO2)CC(OC2CCCCO2)C(Cl)=C1Cl. The van der Waals surface area contributed by atoms with E-state index in [-0.39, 0.29) is 18.7 Å². The third kappa shape index (κ3) is 4.09. The van der Waals surface area contributed by atoms with Crippen molar-refractivity contribution < 1.29 is 18.9 Å². The molecule has 4 unspecified atom stereocenters. The fraction of sp³-hybridized carbons (Fsp3) is 0.778. The van der Waals surface area contributed by atoms with Crippen molar-refractivity contribution in [3.63, 3.8) is 0 Å². The predicted octanol–water partition coefficient (Wildman–Crippen LogP) is 4.30. The van der Waals surface area contributed by atoms with Crippen LogP contribution >= 0.6 is 23.2 Å². The van der Waals surface area contributed by atoms with Crippen LogP contribution in [0.4, 0.5) is 0 Å². The van der Waals surface area contributed by atoms with Gasteiger partial charge in [0.15, 0.2) is 12.6 Å². The van der Waals surface area contributed by atoms with Crippen LogP contribution in [0.25, 0.3) is 0 Å². The Kier molecular flexibility index (Phi) is 6.48. The molecule has 3 rings (SSSR count). The minimum atomic E-state index is -0.825. The van der Waals surface area contributed by atoms with Gasteiger partial charge in [-0.2, -0.15) is 0 Å². The Bertz CT molecular complexity index is 504. The first-order chi connectivity index (χ1) is 11.6. The summed E-state index contributed by atoms with van der Waals surface area (Å²) in [7, 11) is 0. The summed E-state index contributed by atoms with van der Waals surface area (Å²) in [5.41, 5.74) is -0.825. The van der Waals surface area contributed by atoms with Gasteiger partial charge in [0.2, 0.25) is 0 Å². The van der Waals surface area contributed by atoms with Crippen molar-refractivity contribution >= 4 is 23.2 Å². The Hall–Kier alpha value is -0.280. The number of hydrogen-bond donors (Lipinski definition) is 0. The maximum Gasteiger partial charge on any atom is 0.158 e. The summed E-state index contributed by atoms with van der Waals surface area (Å²) in [5.74, 6) is 2.67. The van der Waals surface area contributed by atoms with Crippen LogP contribution in [-0.2, 0) is 18.9 Å². The first-order valence-electron chi connectivity index (χ1n) is 8.70. The zero-order valence-electron chi connectivity index (χ0n) is 13.8. The monoisotopic (exact) mass is 374 g/mol. The van der Waals surface area contributed by atoms with Gasteiger partial charge in [-0.3, -0.25) is 0 Å². The van der Waals surface area contributed by atoms with Crippen molar-refractivity contribution in [1.82, 2.24) is 0 Å². The summed E-state index contributed by atoms with van der Waals surface area (Å²) in [6.07, 6.45) is 11.5. The highest BCUT2D eigenvalue weighted by molar-refractivity contribution is 6.40. The zero-order valence-corrected chi connectivity index (χ0v) is 15.3. The summed E-state index contributed by atoms with van der Waals surface area (Å²) in [6.45, 7) is 1.41. The molecular weight excluding hydrogens is 351 g/mol. The third-order valence-corrected chi connectivity index (χ3v) is 5.82. The minimum absolute atomic E-state index is 0.241. The fourth-order valence-corrected chi connectivity index (χ4v) is 4.07. The van der Waals surface area contributed by atoms with Gasteiger partial charge in [0.25, 0.3) is 0 Å². The van der Waals surface area contributed by atoms with Crippen LogP contribution in [0.3, 0.4) is 0 Å². The molecule has 4 nitrogen and oxygen atoms in total. The van der Waals surface area contributed by atoms with E-state index >= 15 is 0 Å². The molecule has 1 aliphatic carbocycles. The number of rotatable bonds is 5. The normalized spacial score (nSPS) is 37.5. The molecule has 0 saturated carbocycles. The number of terminal acetylenes is 1. The molecule has 6 heteroatoms. The molecule has 0 bridgehead atoms. The lowest BCUT2D eigenvalue weighted by Crippen LogP contribution is -2.39. The first kappa shape index (κ1) is 18.5. The van der Waals surface area contributed by atoms with Gasteiger partial charge in [-0.15, -0.1) is 12.3 Å². The Labute approximate surface area is 153 Å². The smallest absolute Gasteiger partial charge is 0.158 e. The van der Waals surface area contributed by atoms with Crippen LogP contribution < -0.4 is 0 Å².